The average molecular weight is 125 g/mol. The topological polar surface area (TPSA) is 58.0 Å². The van der Waals surface area contributed by atoms with Crippen LogP contribution in [0.25, 0.3) is 0 Å². The van der Waals surface area contributed by atoms with Crippen molar-refractivity contribution in [3.05, 3.63) is 12.5 Å². The summed E-state index contributed by atoms with van der Waals surface area (Å²) in [5.41, 5.74) is 0. The highest BCUT2D eigenvalue weighted by molar-refractivity contribution is 5.45. The lowest BCUT2D eigenvalue weighted by Gasteiger charge is -1.97. The van der Waals surface area contributed by atoms with E-state index in [0.29, 0.717) is 5.82 Å². The summed E-state index contributed by atoms with van der Waals surface area (Å²) in [5, 5.41) is 11.6. The molecule has 0 unspecified atom stereocenters. The van der Waals surface area contributed by atoms with Crippen LogP contribution in [0, 0.1) is 0 Å². The molecule has 1 heterocycles. The Morgan fingerprint density at radius 1 is 1.67 bits per heavy atom. The van der Waals surface area contributed by atoms with E-state index in [0.717, 1.165) is 0 Å². The largest absolute Gasteiger partial charge is 0.503 e. The zero-order valence-electron chi connectivity index (χ0n) is 5.00. The second kappa shape index (κ2) is 2.30. The first-order valence-electron chi connectivity index (χ1n) is 2.51. The first-order chi connectivity index (χ1) is 4.34. The van der Waals surface area contributed by atoms with Gasteiger partial charge in [0.1, 0.15) is 6.33 Å². The summed E-state index contributed by atoms with van der Waals surface area (Å²) >= 11 is 0. The number of hydrogen-bond donors (Lipinski definition) is 2. The Morgan fingerprint density at radius 2 is 2.44 bits per heavy atom. The summed E-state index contributed by atoms with van der Waals surface area (Å²) in [6.45, 7) is 0. The van der Waals surface area contributed by atoms with Crippen molar-refractivity contribution >= 4 is 5.82 Å². The number of aromatic hydroxyl groups is 1. The van der Waals surface area contributed by atoms with Crippen molar-refractivity contribution in [1.82, 2.24) is 9.97 Å². The molecule has 1 aromatic heterocycles. The SMILES string of the molecule is CNc1ncncc1O. The zero-order chi connectivity index (χ0) is 6.69. The summed E-state index contributed by atoms with van der Waals surface area (Å²) in [5.74, 6) is 0.519. The fourth-order valence-electron chi connectivity index (χ4n) is 0.515. The van der Waals surface area contributed by atoms with E-state index in [1.807, 2.05) is 0 Å². The monoisotopic (exact) mass is 125 g/mol. The van der Waals surface area contributed by atoms with E-state index in [2.05, 4.69) is 15.3 Å². The van der Waals surface area contributed by atoms with Gasteiger partial charge in [-0.1, -0.05) is 0 Å². The highest BCUT2D eigenvalue weighted by atomic mass is 16.3. The summed E-state index contributed by atoms with van der Waals surface area (Å²) < 4.78 is 0. The van der Waals surface area contributed by atoms with Gasteiger partial charge < -0.3 is 10.4 Å². The van der Waals surface area contributed by atoms with E-state index >= 15 is 0 Å². The third kappa shape index (κ3) is 1.07. The minimum atomic E-state index is 0.0694. The number of anilines is 1. The summed E-state index contributed by atoms with van der Waals surface area (Å²) in [7, 11) is 1.68. The van der Waals surface area contributed by atoms with E-state index in [4.69, 9.17) is 5.11 Å². The molecule has 0 bridgehead atoms. The van der Waals surface area contributed by atoms with Crippen molar-refractivity contribution in [2.75, 3.05) is 12.4 Å². The third-order valence-electron chi connectivity index (χ3n) is 0.930. The van der Waals surface area contributed by atoms with Crippen LogP contribution in [-0.4, -0.2) is 22.1 Å². The molecule has 0 aliphatic rings. The Balaban J connectivity index is 3.01. The molecule has 0 aromatic carbocycles. The summed E-state index contributed by atoms with van der Waals surface area (Å²) in [4.78, 5) is 7.32. The van der Waals surface area contributed by atoms with Crippen LogP contribution in [-0.2, 0) is 0 Å². The van der Waals surface area contributed by atoms with Gasteiger partial charge in [-0.3, -0.25) is 0 Å². The van der Waals surface area contributed by atoms with Crippen LogP contribution in [0.1, 0.15) is 0 Å². The number of nitrogens with one attached hydrogen (secondary N) is 1. The van der Waals surface area contributed by atoms with E-state index in [1.165, 1.54) is 12.5 Å². The van der Waals surface area contributed by atoms with Gasteiger partial charge in [-0.25, -0.2) is 9.97 Å². The Hall–Kier alpha value is -1.32. The number of rotatable bonds is 1. The van der Waals surface area contributed by atoms with E-state index < -0.39 is 0 Å². The highest BCUT2D eigenvalue weighted by Gasteiger charge is 1.94. The first-order valence-corrected chi connectivity index (χ1v) is 2.51. The molecule has 0 aliphatic carbocycles. The van der Waals surface area contributed by atoms with Crippen LogP contribution in [0.3, 0.4) is 0 Å². The molecule has 1 aromatic rings. The van der Waals surface area contributed by atoms with Gasteiger partial charge in [0.05, 0.1) is 6.20 Å². The first kappa shape index (κ1) is 5.81. The van der Waals surface area contributed by atoms with Crippen molar-refractivity contribution < 1.29 is 5.11 Å². The number of nitrogens with zero attached hydrogens (tertiary/aromatic N) is 2. The molecule has 0 amide bonds. The minimum Gasteiger partial charge on any atom is -0.503 e. The Kier molecular flexibility index (Phi) is 1.48. The summed E-state index contributed by atoms with van der Waals surface area (Å²) in [6, 6.07) is 0. The van der Waals surface area contributed by atoms with Gasteiger partial charge in [0.2, 0.25) is 0 Å². The molecular weight excluding hydrogens is 118 g/mol. The maximum Gasteiger partial charge on any atom is 0.176 e. The molecule has 4 heteroatoms. The Labute approximate surface area is 52.6 Å². The third-order valence-corrected chi connectivity index (χ3v) is 0.930. The lowest BCUT2D eigenvalue weighted by molar-refractivity contribution is 0.472. The second-order valence-corrected chi connectivity index (χ2v) is 1.51. The van der Waals surface area contributed by atoms with Gasteiger partial charge in [0.15, 0.2) is 11.6 Å². The van der Waals surface area contributed by atoms with Crippen LogP contribution in [0.5, 0.6) is 5.75 Å². The van der Waals surface area contributed by atoms with Crippen molar-refractivity contribution in [3.8, 4) is 5.75 Å². The Morgan fingerprint density at radius 3 is 2.89 bits per heavy atom. The van der Waals surface area contributed by atoms with Gasteiger partial charge in [-0.2, -0.15) is 0 Å². The van der Waals surface area contributed by atoms with Crippen LogP contribution < -0.4 is 5.32 Å². The van der Waals surface area contributed by atoms with Crippen LogP contribution in [0.15, 0.2) is 12.5 Å². The standard InChI is InChI=1S/C5H7N3O/c1-6-5-4(9)2-7-3-8-5/h2-3,9H,1H3,(H,6,7,8). The van der Waals surface area contributed by atoms with Gasteiger partial charge >= 0.3 is 0 Å². The minimum absolute atomic E-state index is 0.0694. The highest BCUT2D eigenvalue weighted by Crippen LogP contribution is 2.14. The van der Waals surface area contributed by atoms with Crippen molar-refractivity contribution in [3.63, 3.8) is 0 Å². The predicted molar refractivity (Wildman–Crippen MR) is 33.2 cm³/mol. The van der Waals surface area contributed by atoms with E-state index in [1.54, 1.807) is 7.05 Å². The lowest BCUT2D eigenvalue weighted by atomic mass is 10.5. The van der Waals surface area contributed by atoms with E-state index in [9.17, 15) is 0 Å². The fraction of sp³-hybridized carbons (Fsp3) is 0.200. The molecule has 0 aliphatic heterocycles. The predicted octanol–water partition coefficient (Wildman–Crippen LogP) is 0.224. The quantitative estimate of drug-likeness (QED) is 0.563. The molecule has 9 heavy (non-hydrogen) atoms. The smallest absolute Gasteiger partial charge is 0.176 e. The van der Waals surface area contributed by atoms with E-state index in [-0.39, 0.29) is 5.75 Å². The van der Waals surface area contributed by atoms with Gasteiger partial charge in [0.25, 0.3) is 0 Å². The molecule has 0 fully saturated rings. The van der Waals surface area contributed by atoms with Crippen molar-refractivity contribution in [2.45, 2.75) is 0 Å². The molecule has 0 spiro atoms. The van der Waals surface area contributed by atoms with Gasteiger partial charge in [0, 0.05) is 7.05 Å². The maximum absolute atomic E-state index is 8.92. The van der Waals surface area contributed by atoms with Gasteiger partial charge in [-0.15, -0.1) is 0 Å². The normalized spacial score (nSPS) is 9.00. The molecule has 0 radical (unpaired) electrons. The Bertz CT molecular complexity index is 201. The summed E-state index contributed by atoms with van der Waals surface area (Å²) in [6.07, 6.45) is 2.70. The molecule has 2 N–H and O–H groups in total. The van der Waals surface area contributed by atoms with Crippen LogP contribution in [0.4, 0.5) is 5.82 Å². The second-order valence-electron chi connectivity index (χ2n) is 1.51. The molecule has 0 saturated heterocycles. The number of aromatic nitrogens is 2. The fourth-order valence-corrected chi connectivity index (χ4v) is 0.515. The van der Waals surface area contributed by atoms with Crippen LogP contribution >= 0.6 is 0 Å². The van der Waals surface area contributed by atoms with Gasteiger partial charge in [-0.05, 0) is 0 Å². The van der Waals surface area contributed by atoms with Crippen LogP contribution in [0.2, 0.25) is 0 Å². The molecule has 0 atom stereocenters. The molecule has 48 valence electrons. The lowest BCUT2D eigenvalue weighted by Crippen LogP contribution is -1.91. The molecular formula is C5H7N3O. The maximum atomic E-state index is 8.92. The molecule has 4 nitrogen and oxygen atoms in total. The molecule has 1 rings (SSSR count). The molecule has 0 saturated carbocycles. The zero-order valence-corrected chi connectivity index (χ0v) is 5.00. The van der Waals surface area contributed by atoms with Crippen molar-refractivity contribution in [1.29, 1.82) is 0 Å². The van der Waals surface area contributed by atoms with Crippen molar-refractivity contribution in [2.24, 2.45) is 0 Å². The number of hydrogen-bond acceptors (Lipinski definition) is 4. The average Bonchev–Trinajstić information content (AvgIpc) is 1.89.